The minimum atomic E-state index is -4.23. The van der Waals surface area contributed by atoms with Gasteiger partial charge in [-0.05, 0) is 70.2 Å². The second kappa shape index (κ2) is 13.4. The highest BCUT2D eigenvalue weighted by Crippen LogP contribution is 2.36. The van der Waals surface area contributed by atoms with E-state index in [9.17, 15) is 25.6 Å². The van der Waals surface area contributed by atoms with Gasteiger partial charge >= 0.3 is 0 Å². The van der Waals surface area contributed by atoms with Crippen LogP contribution in [0.3, 0.4) is 0 Å². The number of sulfonamides is 2. The van der Waals surface area contributed by atoms with Crippen molar-refractivity contribution in [1.29, 1.82) is 0 Å². The molecular formula is C29H44F2N4O5S2. The lowest BCUT2D eigenvalue weighted by Crippen LogP contribution is -2.41. The van der Waals surface area contributed by atoms with E-state index >= 15 is 0 Å². The number of nitrogens with zero attached hydrogens (tertiary/aromatic N) is 2. The Kier molecular flexibility index (Phi) is 10.5. The molecule has 2 heterocycles. The van der Waals surface area contributed by atoms with Gasteiger partial charge in [-0.3, -0.25) is 4.90 Å². The fourth-order valence-corrected chi connectivity index (χ4v) is 8.72. The second-order valence-corrected chi connectivity index (χ2v) is 15.7. The molecule has 0 spiro atoms. The van der Waals surface area contributed by atoms with E-state index in [4.69, 9.17) is 4.74 Å². The molecule has 2 aliphatic rings. The molecule has 2 N–H and O–H groups in total. The molecule has 1 saturated carbocycles. The Labute approximate surface area is 249 Å². The van der Waals surface area contributed by atoms with Crippen LogP contribution in [0.25, 0.3) is 11.3 Å². The molecule has 1 aliphatic carbocycles. The summed E-state index contributed by atoms with van der Waals surface area (Å²) in [5, 5.41) is 0. The van der Waals surface area contributed by atoms with Crippen LogP contribution < -0.4 is 9.44 Å². The molecular weight excluding hydrogens is 586 g/mol. The Morgan fingerprint density at radius 2 is 1.64 bits per heavy atom. The van der Waals surface area contributed by atoms with E-state index in [1.165, 1.54) is 24.3 Å². The standard InChI is InChI=1S/C29H44F2N4O5S2/c1-21-27(41(36,37)32-12-13-34-14-16-40-17-15-34)19-25(35(21)20-22-8-6-5-7-9-22)23-10-11-26(24(18-23)28(30)31)42(38,39)33-29(2,3)4/h10-11,18-19,22,28,32-33H,5-9,12-17,20H2,1-4H3. The third kappa shape index (κ3) is 8.17. The fraction of sp³-hybridized carbons (Fsp3) is 0.655. The van der Waals surface area contributed by atoms with Crippen LogP contribution in [-0.4, -0.2) is 71.2 Å². The van der Waals surface area contributed by atoms with Crippen molar-refractivity contribution >= 4 is 20.0 Å². The highest BCUT2D eigenvalue weighted by atomic mass is 32.2. The largest absolute Gasteiger partial charge is 0.379 e. The van der Waals surface area contributed by atoms with E-state index < -0.39 is 42.5 Å². The summed E-state index contributed by atoms with van der Waals surface area (Å²) >= 11 is 0. The highest BCUT2D eigenvalue weighted by Gasteiger charge is 2.30. The molecule has 1 aliphatic heterocycles. The number of ether oxygens (including phenoxy) is 1. The minimum absolute atomic E-state index is 0.0972. The van der Waals surface area contributed by atoms with Crippen molar-refractivity contribution in [3.05, 3.63) is 35.5 Å². The molecule has 0 amide bonds. The number of morpholine rings is 1. The zero-order chi connectivity index (χ0) is 30.7. The van der Waals surface area contributed by atoms with E-state index in [-0.39, 0.29) is 11.4 Å². The molecule has 4 rings (SSSR count). The van der Waals surface area contributed by atoms with Gasteiger partial charge in [0.2, 0.25) is 20.0 Å². The van der Waals surface area contributed by atoms with Crippen LogP contribution in [0, 0.1) is 12.8 Å². The van der Waals surface area contributed by atoms with Crippen molar-refractivity contribution in [3.8, 4) is 11.3 Å². The Morgan fingerprint density at radius 1 is 0.976 bits per heavy atom. The molecule has 9 nitrogen and oxygen atoms in total. The monoisotopic (exact) mass is 630 g/mol. The Bertz CT molecular complexity index is 1440. The third-order valence-corrected chi connectivity index (χ3v) is 11.3. The number of hydrogen-bond acceptors (Lipinski definition) is 6. The van der Waals surface area contributed by atoms with Gasteiger partial charge in [-0.1, -0.05) is 25.3 Å². The topological polar surface area (TPSA) is 110 Å². The van der Waals surface area contributed by atoms with Crippen LogP contribution in [0.4, 0.5) is 8.78 Å². The number of nitrogens with one attached hydrogen (secondary N) is 2. The number of hydrogen-bond donors (Lipinski definition) is 2. The van der Waals surface area contributed by atoms with E-state index in [1.807, 2.05) is 4.57 Å². The summed E-state index contributed by atoms with van der Waals surface area (Å²) in [4.78, 5) is 1.74. The molecule has 13 heteroatoms. The average Bonchev–Trinajstić information content (AvgIpc) is 3.24. The first kappa shape index (κ1) is 33.0. The Hall–Kier alpha value is -1.90. The minimum Gasteiger partial charge on any atom is -0.379 e. The predicted molar refractivity (Wildman–Crippen MR) is 159 cm³/mol. The summed E-state index contributed by atoms with van der Waals surface area (Å²) < 4.78 is 94.0. The molecule has 2 fully saturated rings. The van der Waals surface area contributed by atoms with E-state index in [0.29, 0.717) is 49.2 Å². The summed E-state index contributed by atoms with van der Waals surface area (Å²) in [6, 6.07) is 5.38. The second-order valence-electron chi connectivity index (χ2n) is 12.4. The molecule has 1 saturated heterocycles. The maximum atomic E-state index is 14.3. The van der Waals surface area contributed by atoms with Gasteiger partial charge in [0.15, 0.2) is 0 Å². The molecule has 0 unspecified atom stereocenters. The van der Waals surface area contributed by atoms with Crippen LogP contribution in [0.2, 0.25) is 0 Å². The molecule has 0 bridgehead atoms. The summed E-state index contributed by atoms with van der Waals surface area (Å²) in [5.74, 6) is 0.332. The Balaban J connectivity index is 1.72. The number of benzene rings is 1. The van der Waals surface area contributed by atoms with Crippen LogP contribution in [0.1, 0.15) is 70.6 Å². The molecule has 1 aromatic heterocycles. The summed E-state index contributed by atoms with van der Waals surface area (Å²) in [6.07, 6.45) is 2.32. The zero-order valence-electron chi connectivity index (χ0n) is 25.0. The van der Waals surface area contributed by atoms with Crippen molar-refractivity contribution < 1.29 is 30.4 Å². The lowest BCUT2D eigenvalue weighted by atomic mass is 9.89. The van der Waals surface area contributed by atoms with Crippen molar-refractivity contribution in [1.82, 2.24) is 18.9 Å². The normalized spacial score (nSPS) is 18.2. The number of rotatable bonds is 11. The van der Waals surface area contributed by atoms with Crippen LogP contribution in [0.15, 0.2) is 34.1 Å². The van der Waals surface area contributed by atoms with E-state index in [1.54, 1.807) is 27.7 Å². The summed E-state index contributed by atoms with van der Waals surface area (Å²) in [7, 11) is -8.13. The maximum absolute atomic E-state index is 14.3. The van der Waals surface area contributed by atoms with Crippen LogP contribution in [-0.2, 0) is 31.3 Å². The number of aromatic nitrogens is 1. The molecule has 236 valence electrons. The van der Waals surface area contributed by atoms with Gasteiger partial charge in [-0.2, -0.15) is 0 Å². The lowest BCUT2D eigenvalue weighted by Gasteiger charge is -2.26. The van der Waals surface area contributed by atoms with Crippen molar-refractivity contribution in [2.75, 3.05) is 39.4 Å². The van der Waals surface area contributed by atoms with Gasteiger partial charge in [-0.15, -0.1) is 0 Å². The third-order valence-electron chi connectivity index (χ3n) is 7.87. The van der Waals surface area contributed by atoms with Gasteiger partial charge in [0, 0.05) is 55.2 Å². The molecule has 0 atom stereocenters. The molecule has 2 aromatic rings. The van der Waals surface area contributed by atoms with Crippen molar-refractivity contribution in [2.45, 2.75) is 88.1 Å². The highest BCUT2D eigenvalue weighted by molar-refractivity contribution is 7.89. The summed E-state index contributed by atoms with van der Waals surface area (Å²) in [5.41, 5.74) is -0.143. The summed E-state index contributed by atoms with van der Waals surface area (Å²) in [6.45, 7) is 10.7. The smallest absolute Gasteiger partial charge is 0.265 e. The first-order valence-corrected chi connectivity index (χ1v) is 17.6. The van der Waals surface area contributed by atoms with Crippen LogP contribution in [0.5, 0.6) is 0 Å². The maximum Gasteiger partial charge on any atom is 0.265 e. The first-order chi connectivity index (χ1) is 19.7. The lowest BCUT2D eigenvalue weighted by molar-refractivity contribution is 0.0390. The quantitative estimate of drug-likeness (QED) is 0.374. The fourth-order valence-electron chi connectivity index (χ4n) is 5.82. The van der Waals surface area contributed by atoms with Gasteiger partial charge < -0.3 is 9.30 Å². The predicted octanol–water partition coefficient (Wildman–Crippen LogP) is 4.67. The molecule has 0 radical (unpaired) electrons. The van der Waals surface area contributed by atoms with Crippen molar-refractivity contribution in [3.63, 3.8) is 0 Å². The van der Waals surface area contributed by atoms with Crippen LogP contribution >= 0.6 is 0 Å². The van der Waals surface area contributed by atoms with E-state index in [0.717, 1.165) is 45.2 Å². The van der Waals surface area contributed by atoms with Gasteiger partial charge in [0.05, 0.1) is 18.1 Å². The number of alkyl halides is 2. The molecule has 42 heavy (non-hydrogen) atoms. The SMILES string of the molecule is Cc1c(S(=O)(=O)NCCN2CCOCC2)cc(-c2ccc(S(=O)(=O)NC(C)(C)C)c(C(F)F)c2)n1CC1CCCCC1. The average molecular weight is 631 g/mol. The molecule has 1 aromatic carbocycles. The number of halogens is 2. The van der Waals surface area contributed by atoms with E-state index in [2.05, 4.69) is 14.3 Å². The van der Waals surface area contributed by atoms with Gasteiger partial charge in [0.1, 0.15) is 4.90 Å². The zero-order valence-corrected chi connectivity index (χ0v) is 26.6. The van der Waals surface area contributed by atoms with Crippen molar-refractivity contribution in [2.24, 2.45) is 5.92 Å². The Morgan fingerprint density at radius 3 is 2.26 bits per heavy atom. The van der Waals surface area contributed by atoms with Gasteiger partial charge in [0.25, 0.3) is 6.43 Å². The first-order valence-electron chi connectivity index (χ1n) is 14.6. The van der Waals surface area contributed by atoms with Gasteiger partial charge in [-0.25, -0.2) is 35.1 Å².